The van der Waals surface area contributed by atoms with E-state index in [9.17, 15) is 4.79 Å². The summed E-state index contributed by atoms with van der Waals surface area (Å²) in [5.74, 6) is 0.828. The molecule has 1 aliphatic heterocycles. The molecule has 1 aliphatic rings. The van der Waals surface area contributed by atoms with E-state index in [1.165, 1.54) is 0 Å². The Morgan fingerprint density at radius 2 is 2.15 bits per heavy atom. The average molecular weight is 353 g/mol. The predicted molar refractivity (Wildman–Crippen MR) is 95.7 cm³/mol. The molecule has 26 heavy (non-hydrogen) atoms. The van der Waals surface area contributed by atoms with E-state index in [0.29, 0.717) is 6.42 Å². The molecule has 0 radical (unpaired) electrons. The lowest BCUT2D eigenvalue weighted by atomic mass is 9.97. The first-order valence-electron chi connectivity index (χ1n) is 9.07. The van der Waals surface area contributed by atoms with E-state index >= 15 is 0 Å². The van der Waals surface area contributed by atoms with Crippen LogP contribution in [0.1, 0.15) is 53.7 Å². The third kappa shape index (κ3) is 2.98. The molecule has 0 aromatic carbocycles. The highest BCUT2D eigenvalue weighted by Gasteiger charge is 2.30. The molecule has 0 spiro atoms. The zero-order chi connectivity index (χ0) is 18.3. The number of hydrogen-bond donors (Lipinski definition) is 0. The highest BCUT2D eigenvalue weighted by Crippen LogP contribution is 2.31. The molecule has 7 heteroatoms. The van der Waals surface area contributed by atoms with Crippen molar-refractivity contribution in [3.63, 3.8) is 0 Å². The van der Waals surface area contributed by atoms with Crippen LogP contribution in [0.4, 0.5) is 0 Å². The number of fused-ring (bicyclic) bond motifs is 1. The van der Waals surface area contributed by atoms with E-state index in [2.05, 4.69) is 10.3 Å². The Labute approximate surface area is 152 Å². The number of likely N-dealkylation sites (tertiary alicyclic amines) is 1. The summed E-state index contributed by atoms with van der Waals surface area (Å²) in [5, 5.41) is 8.34. The first kappa shape index (κ1) is 16.8. The zero-order valence-electron chi connectivity index (χ0n) is 15.4. The number of hydrogen-bond acceptors (Lipinski definition) is 5. The fourth-order valence-electron chi connectivity index (χ4n) is 3.74. The van der Waals surface area contributed by atoms with Crippen LogP contribution in [0, 0.1) is 20.8 Å². The molecule has 0 aliphatic carbocycles. The van der Waals surface area contributed by atoms with Crippen LogP contribution >= 0.6 is 0 Å². The van der Waals surface area contributed by atoms with Crippen LogP contribution in [0.5, 0.6) is 0 Å². The standard InChI is InChI=1S/C19H23N5O2/c1-12-10-18-20-16(7-9-24(18)21-12)17-6-4-5-8-23(17)19(25)11-15-13(2)22-26-14(15)3/h7,9-10,17H,4-6,8,11H2,1-3H3/t17-/m0/s1. The molecular weight excluding hydrogens is 330 g/mol. The Kier molecular flexibility index (Phi) is 4.22. The van der Waals surface area contributed by atoms with Crippen LogP contribution in [0.25, 0.3) is 5.65 Å². The van der Waals surface area contributed by atoms with Crippen molar-refractivity contribution >= 4 is 11.6 Å². The van der Waals surface area contributed by atoms with Crippen molar-refractivity contribution in [3.05, 3.63) is 46.7 Å². The van der Waals surface area contributed by atoms with Crippen molar-refractivity contribution in [2.45, 2.75) is 52.5 Å². The van der Waals surface area contributed by atoms with Gasteiger partial charge in [-0.1, -0.05) is 5.16 Å². The van der Waals surface area contributed by atoms with Crippen LogP contribution < -0.4 is 0 Å². The minimum Gasteiger partial charge on any atom is -0.361 e. The summed E-state index contributed by atoms with van der Waals surface area (Å²) in [6.07, 6.45) is 5.31. The summed E-state index contributed by atoms with van der Waals surface area (Å²) in [6.45, 7) is 6.45. The van der Waals surface area contributed by atoms with Crippen molar-refractivity contribution in [1.82, 2.24) is 24.7 Å². The van der Waals surface area contributed by atoms with Gasteiger partial charge in [-0.25, -0.2) is 9.50 Å². The second-order valence-corrected chi connectivity index (χ2v) is 7.02. The minimum atomic E-state index is 0.0110. The fraction of sp³-hybridized carbons (Fsp3) is 0.474. The van der Waals surface area contributed by atoms with Crippen molar-refractivity contribution in [1.29, 1.82) is 0 Å². The van der Waals surface area contributed by atoms with E-state index in [0.717, 1.165) is 59.9 Å². The van der Waals surface area contributed by atoms with Crippen LogP contribution in [0.3, 0.4) is 0 Å². The summed E-state index contributed by atoms with van der Waals surface area (Å²) in [4.78, 5) is 19.8. The highest BCUT2D eigenvalue weighted by atomic mass is 16.5. The summed E-state index contributed by atoms with van der Waals surface area (Å²) >= 11 is 0. The smallest absolute Gasteiger partial charge is 0.227 e. The molecular formula is C19H23N5O2. The first-order valence-corrected chi connectivity index (χ1v) is 9.07. The number of carbonyl (C=O) groups is 1. The zero-order valence-corrected chi connectivity index (χ0v) is 15.4. The van der Waals surface area contributed by atoms with Crippen LogP contribution in [-0.4, -0.2) is 37.1 Å². The molecule has 136 valence electrons. The second kappa shape index (κ2) is 6.55. The van der Waals surface area contributed by atoms with Crippen molar-refractivity contribution in [3.8, 4) is 0 Å². The highest BCUT2D eigenvalue weighted by molar-refractivity contribution is 5.79. The predicted octanol–water partition coefficient (Wildman–Crippen LogP) is 2.94. The molecule has 7 nitrogen and oxygen atoms in total. The van der Waals surface area contributed by atoms with Gasteiger partial charge >= 0.3 is 0 Å². The van der Waals surface area contributed by atoms with Gasteiger partial charge in [-0.15, -0.1) is 0 Å². The Morgan fingerprint density at radius 3 is 2.92 bits per heavy atom. The average Bonchev–Trinajstić information content (AvgIpc) is 3.16. The Bertz CT molecular complexity index is 939. The van der Waals surface area contributed by atoms with E-state index < -0.39 is 0 Å². The number of amides is 1. The molecule has 0 bridgehead atoms. The number of carbonyl (C=O) groups excluding carboxylic acids is 1. The monoisotopic (exact) mass is 353 g/mol. The number of nitrogens with zero attached hydrogens (tertiary/aromatic N) is 5. The van der Waals surface area contributed by atoms with Crippen molar-refractivity contribution in [2.75, 3.05) is 6.54 Å². The molecule has 3 aromatic heterocycles. The molecule has 0 unspecified atom stereocenters. The summed E-state index contributed by atoms with van der Waals surface area (Å²) in [6, 6.07) is 3.95. The maximum absolute atomic E-state index is 13.0. The molecule has 0 N–H and O–H groups in total. The van der Waals surface area contributed by atoms with Gasteiger partial charge in [0.1, 0.15) is 5.76 Å². The topological polar surface area (TPSA) is 76.5 Å². The summed E-state index contributed by atoms with van der Waals surface area (Å²) < 4.78 is 6.98. The number of piperidine rings is 1. The third-order valence-electron chi connectivity index (χ3n) is 5.14. The number of rotatable bonds is 3. The van der Waals surface area contributed by atoms with Gasteiger partial charge in [-0.3, -0.25) is 4.79 Å². The van der Waals surface area contributed by atoms with Gasteiger partial charge in [-0.05, 0) is 46.1 Å². The second-order valence-electron chi connectivity index (χ2n) is 7.02. The third-order valence-corrected chi connectivity index (χ3v) is 5.14. The van der Waals surface area contributed by atoms with Gasteiger partial charge in [0.25, 0.3) is 0 Å². The summed E-state index contributed by atoms with van der Waals surface area (Å²) in [5.41, 5.74) is 4.38. The van der Waals surface area contributed by atoms with Crippen LogP contribution in [0.15, 0.2) is 22.9 Å². The van der Waals surface area contributed by atoms with Gasteiger partial charge in [0.15, 0.2) is 5.65 Å². The Morgan fingerprint density at radius 1 is 1.31 bits per heavy atom. The van der Waals surface area contributed by atoms with Crippen LogP contribution in [0.2, 0.25) is 0 Å². The van der Waals surface area contributed by atoms with E-state index in [1.807, 2.05) is 44.0 Å². The summed E-state index contributed by atoms with van der Waals surface area (Å²) in [7, 11) is 0. The van der Waals surface area contributed by atoms with Gasteiger partial charge in [-0.2, -0.15) is 5.10 Å². The minimum absolute atomic E-state index is 0.0110. The van der Waals surface area contributed by atoms with Gasteiger partial charge in [0.2, 0.25) is 5.91 Å². The van der Waals surface area contributed by atoms with Gasteiger partial charge in [0, 0.05) is 24.4 Å². The normalized spacial score (nSPS) is 17.8. The quantitative estimate of drug-likeness (QED) is 0.723. The first-order chi connectivity index (χ1) is 12.5. The van der Waals surface area contributed by atoms with Crippen LogP contribution in [-0.2, 0) is 11.2 Å². The number of aromatic nitrogens is 4. The molecule has 3 aromatic rings. The SMILES string of the molecule is Cc1cc2nc([C@@H]3CCCCN3C(=O)Cc3c(C)noc3C)ccn2n1. The Balaban J connectivity index is 1.61. The lowest BCUT2D eigenvalue weighted by Gasteiger charge is -2.35. The molecule has 4 rings (SSSR count). The molecule has 1 fully saturated rings. The number of aryl methyl sites for hydroxylation is 3. The fourth-order valence-corrected chi connectivity index (χ4v) is 3.74. The largest absolute Gasteiger partial charge is 0.361 e. The van der Waals surface area contributed by atoms with Crippen molar-refractivity contribution in [2.24, 2.45) is 0 Å². The maximum atomic E-state index is 13.0. The molecule has 0 saturated carbocycles. The molecule has 1 saturated heterocycles. The van der Waals surface area contributed by atoms with Gasteiger partial charge in [0.05, 0.1) is 29.5 Å². The van der Waals surface area contributed by atoms with E-state index in [1.54, 1.807) is 4.52 Å². The molecule has 4 heterocycles. The van der Waals surface area contributed by atoms with E-state index in [4.69, 9.17) is 9.51 Å². The molecule has 1 atom stereocenters. The lowest BCUT2D eigenvalue weighted by molar-refractivity contribution is -0.134. The Hall–Kier alpha value is -2.70. The maximum Gasteiger partial charge on any atom is 0.227 e. The van der Waals surface area contributed by atoms with E-state index in [-0.39, 0.29) is 11.9 Å². The van der Waals surface area contributed by atoms with Gasteiger partial charge < -0.3 is 9.42 Å². The molecule has 1 amide bonds. The lowest BCUT2D eigenvalue weighted by Crippen LogP contribution is -2.39. The van der Waals surface area contributed by atoms with Crippen molar-refractivity contribution < 1.29 is 9.32 Å².